The normalized spacial score (nSPS) is 18.4. The maximum absolute atomic E-state index is 11.9. The third-order valence-corrected chi connectivity index (χ3v) is 3.17. The van der Waals surface area contributed by atoms with Crippen LogP contribution in [0.25, 0.3) is 0 Å². The van der Waals surface area contributed by atoms with E-state index >= 15 is 0 Å². The number of likely N-dealkylation sites (N-methyl/N-ethyl adjacent to an activating group) is 1. The zero-order chi connectivity index (χ0) is 11.9. The molecule has 0 aliphatic heterocycles. The van der Waals surface area contributed by atoms with E-state index in [9.17, 15) is 9.59 Å². The predicted octanol–water partition coefficient (Wildman–Crippen LogP) is 0.0805. The molecule has 1 aliphatic carbocycles. The Balaban J connectivity index is 2.82. The Morgan fingerprint density at radius 1 is 1.40 bits per heavy atom. The van der Waals surface area contributed by atoms with Crippen LogP contribution in [0.15, 0.2) is 0 Å². The lowest BCUT2D eigenvalue weighted by atomic mass is 9.99. The topological polar surface area (TPSA) is 77.8 Å². The van der Waals surface area contributed by atoms with E-state index < -0.39 is 22.8 Å². The second kappa shape index (κ2) is 3.48. The summed E-state index contributed by atoms with van der Waals surface area (Å²) in [6.45, 7) is 3.20. The lowest BCUT2D eigenvalue weighted by Gasteiger charge is -2.35. The van der Waals surface area contributed by atoms with Crippen molar-refractivity contribution in [3.63, 3.8) is 0 Å². The van der Waals surface area contributed by atoms with Gasteiger partial charge in [0.25, 0.3) is 0 Å². The first-order valence-corrected chi connectivity index (χ1v) is 4.90. The van der Waals surface area contributed by atoms with Crippen LogP contribution in [-0.2, 0) is 9.59 Å². The summed E-state index contributed by atoms with van der Waals surface area (Å²) in [7, 11) is 1.53. The van der Waals surface area contributed by atoms with Gasteiger partial charge in [-0.05, 0) is 26.7 Å². The molecule has 0 saturated heterocycles. The first-order chi connectivity index (χ1) is 6.78. The van der Waals surface area contributed by atoms with Gasteiger partial charge in [-0.1, -0.05) is 0 Å². The Morgan fingerprint density at radius 2 is 1.87 bits per heavy atom. The maximum atomic E-state index is 11.9. The molecule has 0 aromatic carbocycles. The lowest BCUT2D eigenvalue weighted by Crippen LogP contribution is -2.51. The summed E-state index contributed by atoms with van der Waals surface area (Å²) in [6, 6.07) is 0. The molecule has 2 N–H and O–H groups in total. The number of nitrogens with zero attached hydrogens (tertiary/aromatic N) is 1. The standard InChI is InChI=1S/C10H17NO4/c1-9(2,6-12)11(3)7(13)10(4-5-10)8(14)15/h12H,4-6H2,1-3H3,(H,14,15). The highest BCUT2D eigenvalue weighted by molar-refractivity contribution is 6.05. The Hall–Kier alpha value is -1.10. The minimum absolute atomic E-state index is 0.190. The van der Waals surface area contributed by atoms with E-state index in [4.69, 9.17) is 10.2 Å². The van der Waals surface area contributed by atoms with Crippen molar-refractivity contribution in [2.45, 2.75) is 32.2 Å². The minimum atomic E-state index is -1.22. The molecule has 0 aromatic heterocycles. The van der Waals surface area contributed by atoms with Crippen LogP contribution in [0, 0.1) is 5.41 Å². The van der Waals surface area contributed by atoms with Crippen molar-refractivity contribution in [2.75, 3.05) is 13.7 Å². The highest BCUT2D eigenvalue weighted by atomic mass is 16.4. The molecule has 1 amide bonds. The number of hydrogen-bond acceptors (Lipinski definition) is 3. The lowest BCUT2D eigenvalue weighted by molar-refractivity contribution is -0.155. The van der Waals surface area contributed by atoms with Crippen molar-refractivity contribution in [3.05, 3.63) is 0 Å². The van der Waals surface area contributed by atoms with E-state index in [1.54, 1.807) is 13.8 Å². The van der Waals surface area contributed by atoms with Crippen LogP contribution < -0.4 is 0 Å². The van der Waals surface area contributed by atoms with E-state index in [1.807, 2.05) is 0 Å². The molecule has 0 heterocycles. The average molecular weight is 215 g/mol. The molecule has 1 aliphatic rings. The van der Waals surface area contributed by atoms with Crippen LogP contribution in [0.4, 0.5) is 0 Å². The number of carboxylic acid groups (broad SMARTS) is 1. The molecule has 0 spiro atoms. The molecule has 15 heavy (non-hydrogen) atoms. The van der Waals surface area contributed by atoms with E-state index in [-0.39, 0.29) is 6.61 Å². The van der Waals surface area contributed by atoms with Crippen molar-refractivity contribution in [1.82, 2.24) is 4.90 Å². The molecule has 0 atom stereocenters. The number of aliphatic hydroxyl groups excluding tert-OH is 1. The monoisotopic (exact) mass is 215 g/mol. The minimum Gasteiger partial charge on any atom is -0.480 e. The summed E-state index contributed by atoms with van der Waals surface area (Å²) in [4.78, 5) is 24.2. The van der Waals surface area contributed by atoms with Crippen LogP contribution in [0.2, 0.25) is 0 Å². The molecular formula is C10H17NO4. The van der Waals surface area contributed by atoms with E-state index in [2.05, 4.69) is 0 Å². The Labute approximate surface area is 88.7 Å². The highest BCUT2D eigenvalue weighted by Gasteiger charge is 2.59. The van der Waals surface area contributed by atoms with Crippen LogP contribution in [0.3, 0.4) is 0 Å². The fourth-order valence-electron chi connectivity index (χ4n) is 1.35. The number of amides is 1. The molecule has 5 nitrogen and oxygen atoms in total. The van der Waals surface area contributed by atoms with Gasteiger partial charge in [0, 0.05) is 7.05 Å². The van der Waals surface area contributed by atoms with Gasteiger partial charge >= 0.3 is 5.97 Å². The molecule has 1 saturated carbocycles. The highest BCUT2D eigenvalue weighted by Crippen LogP contribution is 2.48. The number of rotatable bonds is 4. The predicted molar refractivity (Wildman–Crippen MR) is 53.2 cm³/mol. The van der Waals surface area contributed by atoms with Crippen molar-refractivity contribution < 1.29 is 19.8 Å². The van der Waals surface area contributed by atoms with Crippen LogP contribution in [0.1, 0.15) is 26.7 Å². The second-order valence-electron chi connectivity index (χ2n) is 4.72. The van der Waals surface area contributed by atoms with Crippen LogP contribution in [-0.4, -0.2) is 46.2 Å². The summed E-state index contributed by atoms with van der Waals surface area (Å²) < 4.78 is 0. The molecule has 5 heteroatoms. The fourth-order valence-corrected chi connectivity index (χ4v) is 1.35. The second-order valence-corrected chi connectivity index (χ2v) is 4.72. The first kappa shape index (κ1) is 12.0. The number of carboxylic acids is 1. The third-order valence-electron chi connectivity index (χ3n) is 3.17. The number of carbonyl (C=O) groups is 2. The smallest absolute Gasteiger partial charge is 0.319 e. The number of aliphatic hydroxyl groups is 1. The molecule has 0 bridgehead atoms. The molecule has 86 valence electrons. The molecular weight excluding hydrogens is 198 g/mol. The van der Waals surface area contributed by atoms with Gasteiger partial charge in [0.2, 0.25) is 5.91 Å². The Morgan fingerprint density at radius 3 is 2.13 bits per heavy atom. The van der Waals surface area contributed by atoms with Crippen molar-refractivity contribution in [3.8, 4) is 0 Å². The summed E-state index contributed by atoms with van der Waals surface area (Å²) in [5.74, 6) is -1.47. The van der Waals surface area contributed by atoms with Gasteiger partial charge in [0.15, 0.2) is 0 Å². The summed E-state index contributed by atoms with van der Waals surface area (Å²) in [6.07, 6.45) is 0.792. The Bertz CT molecular complexity index is 294. The summed E-state index contributed by atoms with van der Waals surface area (Å²) in [5, 5.41) is 18.0. The molecule has 0 unspecified atom stereocenters. The average Bonchev–Trinajstić information content (AvgIpc) is 2.96. The molecule has 0 aromatic rings. The van der Waals surface area contributed by atoms with Gasteiger partial charge in [0.1, 0.15) is 5.41 Å². The van der Waals surface area contributed by atoms with Gasteiger partial charge in [-0.25, -0.2) is 0 Å². The van der Waals surface area contributed by atoms with Gasteiger partial charge in [-0.15, -0.1) is 0 Å². The SMILES string of the molecule is CN(C(=O)C1(C(=O)O)CC1)C(C)(C)CO. The molecule has 0 radical (unpaired) electrons. The molecule has 1 rings (SSSR count). The number of aliphatic carboxylic acids is 1. The largest absolute Gasteiger partial charge is 0.480 e. The fraction of sp³-hybridized carbons (Fsp3) is 0.800. The summed E-state index contributed by atoms with van der Waals surface area (Å²) >= 11 is 0. The van der Waals surface area contributed by atoms with E-state index in [1.165, 1.54) is 11.9 Å². The van der Waals surface area contributed by atoms with Gasteiger partial charge in [-0.2, -0.15) is 0 Å². The van der Waals surface area contributed by atoms with E-state index in [0.717, 1.165) is 0 Å². The van der Waals surface area contributed by atoms with Gasteiger partial charge < -0.3 is 15.1 Å². The van der Waals surface area contributed by atoms with Crippen molar-refractivity contribution >= 4 is 11.9 Å². The number of hydrogen-bond donors (Lipinski definition) is 2. The zero-order valence-corrected chi connectivity index (χ0v) is 9.28. The Kier molecular flexibility index (Phi) is 2.78. The number of carbonyl (C=O) groups excluding carboxylic acids is 1. The third kappa shape index (κ3) is 1.84. The van der Waals surface area contributed by atoms with Crippen molar-refractivity contribution in [1.29, 1.82) is 0 Å². The zero-order valence-electron chi connectivity index (χ0n) is 9.28. The molecule has 1 fully saturated rings. The van der Waals surface area contributed by atoms with Crippen molar-refractivity contribution in [2.24, 2.45) is 5.41 Å². The summed E-state index contributed by atoms with van der Waals surface area (Å²) in [5.41, 5.74) is -1.94. The van der Waals surface area contributed by atoms with Gasteiger partial charge in [-0.3, -0.25) is 9.59 Å². The maximum Gasteiger partial charge on any atom is 0.319 e. The van der Waals surface area contributed by atoms with Crippen LogP contribution >= 0.6 is 0 Å². The van der Waals surface area contributed by atoms with E-state index in [0.29, 0.717) is 12.8 Å². The quantitative estimate of drug-likeness (QED) is 0.651. The first-order valence-electron chi connectivity index (χ1n) is 4.90. The van der Waals surface area contributed by atoms with Gasteiger partial charge in [0.05, 0.1) is 12.1 Å². The van der Waals surface area contributed by atoms with Crippen LogP contribution in [0.5, 0.6) is 0 Å².